The molecule has 0 unspecified atom stereocenters. The van der Waals surface area contributed by atoms with E-state index in [9.17, 15) is 4.79 Å². The number of hydrogen-bond donors (Lipinski definition) is 1. The lowest BCUT2D eigenvalue weighted by atomic mass is 10.0. The van der Waals surface area contributed by atoms with Gasteiger partial charge in [-0.3, -0.25) is 4.79 Å². The standard InChI is InChI=1S/C25H22N2O2S.C2H6/c1-3-17-15-21(29-2)13-14-22(17)24(28)26-20-11-9-18(10-12-20)23-16-30-25(27-23)19-7-5-4-6-8-19;1-2/h4-16H,3H2,1-2H3,(H,26,28);1-2H3. The van der Waals surface area contributed by atoms with Gasteiger partial charge in [-0.2, -0.15) is 0 Å². The maximum atomic E-state index is 12.7. The minimum absolute atomic E-state index is 0.123. The van der Waals surface area contributed by atoms with E-state index in [0.29, 0.717) is 5.56 Å². The number of carbonyl (C=O) groups excluding carboxylic acids is 1. The van der Waals surface area contributed by atoms with E-state index in [4.69, 9.17) is 9.72 Å². The molecule has 1 N–H and O–H groups in total. The molecule has 1 amide bonds. The average Bonchev–Trinajstić information content (AvgIpc) is 3.36. The van der Waals surface area contributed by atoms with Crippen molar-refractivity contribution in [2.75, 3.05) is 12.4 Å². The van der Waals surface area contributed by atoms with Crippen LogP contribution in [0.4, 0.5) is 5.69 Å². The molecule has 0 aliphatic carbocycles. The summed E-state index contributed by atoms with van der Waals surface area (Å²) in [6.45, 7) is 6.03. The normalized spacial score (nSPS) is 10.1. The number of anilines is 1. The maximum Gasteiger partial charge on any atom is 0.255 e. The van der Waals surface area contributed by atoms with E-state index in [2.05, 4.69) is 22.8 Å². The molecule has 0 atom stereocenters. The summed E-state index contributed by atoms with van der Waals surface area (Å²) < 4.78 is 5.26. The molecule has 5 heteroatoms. The molecule has 0 aliphatic rings. The summed E-state index contributed by atoms with van der Waals surface area (Å²) in [6.07, 6.45) is 0.756. The van der Waals surface area contributed by atoms with Crippen LogP contribution in [0.2, 0.25) is 0 Å². The SMILES string of the molecule is CC.CCc1cc(OC)ccc1C(=O)Nc1ccc(-c2csc(-c3ccccc3)n2)cc1. The largest absolute Gasteiger partial charge is 0.497 e. The molecule has 0 fully saturated rings. The Morgan fingerprint density at radius 2 is 1.69 bits per heavy atom. The minimum atomic E-state index is -0.123. The number of rotatable bonds is 6. The van der Waals surface area contributed by atoms with Crippen molar-refractivity contribution in [1.29, 1.82) is 0 Å². The van der Waals surface area contributed by atoms with E-state index in [1.54, 1.807) is 18.4 Å². The third-order valence-electron chi connectivity index (χ3n) is 4.90. The molecule has 4 rings (SSSR count). The molecule has 3 aromatic carbocycles. The van der Waals surface area contributed by atoms with Crippen LogP contribution >= 0.6 is 11.3 Å². The second-order valence-electron chi connectivity index (χ2n) is 6.81. The zero-order valence-corrected chi connectivity index (χ0v) is 19.7. The molecule has 0 radical (unpaired) electrons. The number of amides is 1. The average molecular weight is 445 g/mol. The van der Waals surface area contributed by atoms with Gasteiger partial charge in [0.05, 0.1) is 12.8 Å². The van der Waals surface area contributed by atoms with Crippen LogP contribution in [-0.2, 0) is 6.42 Å². The Hall–Kier alpha value is -3.44. The summed E-state index contributed by atoms with van der Waals surface area (Å²) in [4.78, 5) is 17.5. The monoisotopic (exact) mass is 444 g/mol. The van der Waals surface area contributed by atoms with Crippen LogP contribution in [-0.4, -0.2) is 18.0 Å². The highest BCUT2D eigenvalue weighted by Gasteiger charge is 2.12. The highest BCUT2D eigenvalue weighted by Crippen LogP contribution is 2.29. The number of ether oxygens (including phenoxy) is 1. The van der Waals surface area contributed by atoms with E-state index < -0.39 is 0 Å². The topological polar surface area (TPSA) is 51.2 Å². The van der Waals surface area contributed by atoms with E-state index in [1.807, 2.05) is 81.4 Å². The second kappa shape index (κ2) is 11.3. The van der Waals surface area contributed by atoms with Crippen LogP contribution in [0.5, 0.6) is 5.75 Å². The Balaban J connectivity index is 0.00000141. The molecule has 0 aliphatic heterocycles. The summed E-state index contributed by atoms with van der Waals surface area (Å²) in [6, 6.07) is 23.4. The summed E-state index contributed by atoms with van der Waals surface area (Å²) in [5.41, 5.74) is 5.43. The van der Waals surface area contributed by atoms with Crippen molar-refractivity contribution in [3.05, 3.63) is 89.3 Å². The van der Waals surface area contributed by atoms with E-state index >= 15 is 0 Å². The first-order valence-corrected chi connectivity index (χ1v) is 11.7. The first-order valence-electron chi connectivity index (χ1n) is 10.8. The highest BCUT2D eigenvalue weighted by molar-refractivity contribution is 7.13. The molecule has 1 aromatic heterocycles. The molecule has 0 saturated heterocycles. The Bertz CT molecular complexity index is 1150. The summed E-state index contributed by atoms with van der Waals surface area (Å²) in [5, 5.41) is 6.03. The zero-order valence-electron chi connectivity index (χ0n) is 18.9. The molecule has 4 aromatic rings. The fourth-order valence-corrected chi connectivity index (χ4v) is 4.09. The molecule has 1 heterocycles. The number of nitrogens with one attached hydrogen (secondary N) is 1. The van der Waals surface area contributed by atoms with Crippen molar-refractivity contribution in [3.63, 3.8) is 0 Å². The maximum absolute atomic E-state index is 12.7. The molecule has 4 nitrogen and oxygen atoms in total. The number of thiazole rings is 1. The zero-order chi connectivity index (χ0) is 22.9. The number of aryl methyl sites for hydroxylation is 1. The lowest BCUT2D eigenvalue weighted by Crippen LogP contribution is -2.14. The molecular formula is C27H28N2O2S. The van der Waals surface area contributed by atoms with Crippen LogP contribution in [0.25, 0.3) is 21.8 Å². The van der Waals surface area contributed by atoms with Gasteiger partial charge in [0.15, 0.2) is 0 Å². The van der Waals surface area contributed by atoms with Crippen molar-refractivity contribution in [1.82, 2.24) is 4.98 Å². The smallest absolute Gasteiger partial charge is 0.255 e. The van der Waals surface area contributed by atoms with Crippen LogP contribution in [0.1, 0.15) is 36.7 Å². The predicted octanol–water partition coefficient (Wildman–Crippen LogP) is 7.33. The van der Waals surface area contributed by atoms with Gasteiger partial charge >= 0.3 is 0 Å². The third-order valence-corrected chi connectivity index (χ3v) is 5.79. The molecule has 0 spiro atoms. The van der Waals surface area contributed by atoms with E-state index in [-0.39, 0.29) is 5.91 Å². The Morgan fingerprint density at radius 1 is 0.969 bits per heavy atom. The second-order valence-corrected chi connectivity index (χ2v) is 7.67. The molecule has 0 saturated carbocycles. The van der Waals surface area contributed by atoms with Gasteiger partial charge in [-0.25, -0.2) is 4.98 Å². The Labute approximate surface area is 193 Å². The first kappa shape index (κ1) is 23.2. The molecule has 32 heavy (non-hydrogen) atoms. The van der Waals surface area contributed by atoms with Gasteiger partial charge in [-0.15, -0.1) is 11.3 Å². The van der Waals surface area contributed by atoms with Gasteiger partial charge in [-0.1, -0.05) is 63.2 Å². The highest BCUT2D eigenvalue weighted by atomic mass is 32.1. The van der Waals surface area contributed by atoms with Gasteiger partial charge in [-0.05, 0) is 42.3 Å². The fraction of sp³-hybridized carbons (Fsp3) is 0.185. The van der Waals surface area contributed by atoms with Gasteiger partial charge in [0.25, 0.3) is 5.91 Å². The number of aromatic nitrogens is 1. The van der Waals surface area contributed by atoms with Crippen molar-refractivity contribution < 1.29 is 9.53 Å². The van der Waals surface area contributed by atoms with Crippen LogP contribution in [0, 0.1) is 0 Å². The summed E-state index contributed by atoms with van der Waals surface area (Å²) in [7, 11) is 1.63. The van der Waals surface area contributed by atoms with Gasteiger partial charge < -0.3 is 10.1 Å². The lowest BCUT2D eigenvalue weighted by Gasteiger charge is -2.11. The number of nitrogens with zero attached hydrogens (tertiary/aromatic N) is 1. The predicted molar refractivity (Wildman–Crippen MR) is 135 cm³/mol. The van der Waals surface area contributed by atoms with Gasteiger partial charge in [0.2, 0.25) is 0 Å². The van der Waals surface area contributed by atoms with Crippen molar-refractivity contribution in [3.8, 4) is 27.6 Å². The van der Waals surface area contributed by atoms with Gasteiger partial charge in [0, 0.05) is 27.8 Å². The van der Waals surface area contributed by atoms with E-state index in [0.717, 1.165) is 45.2 Å². The Morgan fingerprint density at radius 3 is 2.34 bits per heavy atom. The molecular weight excluding hydrogens is 416 g/mol. The minimum Gasteiger partial charge on any atom is -0.497 e. The van der Waals surface area contributed by atoms with Crippen LogP contribution < -0.4 is 10.1 Å². The Kier molecular flexibility index (Phi) is 8.17. The van der Waals surface area contributed by atoms with Crippen molar-refractivity contribution in [2.45, 2.75) is 27.2 Å². The third kappa shape index (κ3) is 5.42. The fourth-order valence-electron chi connectivity index (χ4n) is 3.25. The lowest BCUT2D eigenvalue weighted by molar-refractivity contribution is 0.102. The number of benzene rings is 3. The first-order chi connectivity index (χ1) is 15.7. The van der Waals surface area contributed by atoms with Crippen molar-refractivity contribution >= 4 is 22.9 Å². The molecule has 164 valence electrons. The van der Waals surface area contributed by atoms with Gasteiger partial charge in [0.1, 0.15) is 10.8 Å². The molecule has 0 bridgehead atoms. The van der Waals surface area contributed by atoms with Crippen LogP contribution in [0.3, 0.4) is 0 Å². The quantitative estimate of drug-likeness (QED) is 0.339. The number of methoxy groups -OCH3 is 1. The summed E-state index contributed by atoms with van der Waals surface area (Å²) >= 11 is 1.63. The number of carbonyl (C=O) groups is 1. The van der Waals surface area contributed by atoms with Crippen molar-refractivity contribution in [2.24, 2.45) is 0 Å². The summed E-state index contributed by atoms with van der Waals surface area (Å²) in [5.74, 6) is 0.633. The number of hydrogen-bond acceptors (Lipinski definition) is 4. The van der Waals surface area contributed by atoms with Crippen LogP contribution in [0.15, 0.2) is 78.2 Å². The van der Waals surface area contributed by atoms with E-state index in [1.165, 1.54) is 0 Å².